The van der Waals surface area contributed by atoms with Gasteiger partial charge in [-0.2, -0.15) is 4.39 Å². The Labute approximate surface area is 72.4 Å². The molecule has 1 aromatic rings. The molecule has 3 heteroatoms. The van der Waals surface area contributed by atoms with E-state index in [0.717, 1.165) is 0 Å². The zero-order valence-corrected chi connectivity index (χ0v) is 7.29. The van der Waals surface area contributed by atoms with Crippen LogP contribution >= 0.6 is 22.6 Å². The van der Waals surface area contributed by atoms with Crippen molar-refractivity contribution in [3.8, 4) is 0 Å². The smallest absolute Gasteiger partial charge is 0.265 e. The molecule has 10 heavy (non-hydrogen) atoms. The van der Waals surface area contributed by atoms with Gasteiger partial charge in [0.1, 0.15) is 0 Å². The molecule has 0 aliphatic heterocycles. The topological polar surface area (TPSA) is 17.1 Å². The summed E-state index contributed by atoms with van der Waals surface area (Å²) in [6, 6.07) is 10.2. The molecule has 1 nitrogen and oxygen atoms in total. The van der Waals surface area contributed by atoms with E-state index < -0.39 is 6.54 Å². The maximum absolute atomic E-state index is 9.61. The number of hydrogen-bond acceptors (Lipinski definition) is 1. The Morgan fingerprint density at radius 3 is 1.90 bits per heavy atom. The molecule has 0 aliphatic carbocycles. The van der Waals surface area contributed by atoms with E-state index in [-0.39, 0.29) is 0 Å². The number of benzene rings is 1. The van der Waals surface area contributed by atoms with Gasteiger partial charge in [-0.05, 0) is 34.7 Å². The Hall–Kier alpha value is -0.450. The standard InChI is InChI=1S/C6H5I.CHFO/c7-6-4-2-1-3-5-6;2-1-3/h1-5H;1H. The van der Waals surface area contributed by atoms with Gasteiger partial charge in [0.05, 0.1) is 0 Å². The molecule has 0 saturated carbocycles. The van der Waals surface area contributed by atoms with E-state index in [0.29, 0.717) is 0 Å². The molecule has 0 atom stereocenters. The van der Waals surface area contributed by atoms with Gasteiger partial charge in [0.25, 0.3) is 6.54 Å². The summed E-state index contributed by atoms with van der Waals surface area (Å²) in [5.74, 6) is 0. The predicted molar refractivity (Wildman–Crippen MR) is 47.0 cm³/mol. The quantitative estimate of drug-likeness (QED) is 0.393. The second-order valence-corrected chi connectivity index (χ2v) is 2.63. The predicted octanol–water partition coefficient (Wildman–Crippen LogP) is 2.44. The number of carbonyl (C=O) groups is 1. The second kappa shape index (κ2) is 6.67. The van der Waals surface area contributed by atoms with Crippen LogP contribution in [0.15, 0.2) is 30.3 Å². The fourth-order valence-corrected chi connectivity index (χ4v) is 0.830. The lowest BCUT2D eigenvalue weighted by atomic mass is 10.4. The lowest BCUT2D eigenvalue weighted by molar-refractivity contribution is 0.510. The van der Waals surface area contributed by atoms with Crippen LogP contribution in [0.3, 0.4) is 0 Å². The van der Waals surface area contributed by atoms with Crippen molar-refractivity contribution in [1.29, 1.82) is 0 Å². The summed E-state index contributed by atoms with van der Waals surface area (Å²) in [6.07, 6.45) is 0. The number of rotatable bonds is 0. The Morgan fingerprint density at radius 1 is 1.30 bits per heavy atom. The normalized spacial score (nSPS) is 7.40. The first-order valence-electron chi connectivity index (χ1n) is 2.55. The molecule has 1 aromatic carbocycles. The van der Waals surface area contributed by atoms with Crippen LogP contribution in [0.4, 0.5) is 4.39 Å². The van der Waals surface area contributed by atoms with Gasteiger partial charge in [-0.25, -0.2) is 0 Å². The van der Waals surface area contributed by atoms with E-state index in [4.69, 9.17) is 4.79 Å². The summed E-state index contributed by atoms with van der Waals surface area (Å²) in [7, 11) is 0. The zero-order valence-electron chi connectivity index (χ0n) is 5.13. The van der Waals surface area contributed by atoms with Gasteiger partial charge < -0.3 is 0 Å². The first-order chi connectivity index (χ1) is 4.81. The summed E-state index contributed by atoms with van der Waals surface area (Å²) in [5.41, 5.74) is 0. The average molecular weight is 252 g/mol. The van der Waals surface area contributed by atoms with Crippen LogP contribution < -0.4 is 0 Å². The van der Waals surface area contributed by atoms with Crippen molar-refractivity contribution in [2.45, 2.75) is 0 Å². The van der Waals surface area contributed by atoms with Crippen LogP contribution in [0.2, 0.25) is 0 Å². The number of hydrogen-bond donors (Lipinski definition) is 0. The third kappa shape index (κ3) is 5.68. The van der Waals surface area contributed by atoms with Gasteiger partial charge in [-0.15, -0.1) is 0 Å². The maximum Gasteiger partial charge on any atom is 0.289 e. The minimum atomic E-state index is -0.750. The Kier molecular flexibility index (Phi) is 6.37. The van der Waals surface area contributed by atoms with E-state index >= 15 is 0 Å². The van der Waals surface area contributed by atoms with Crippen molar-refractivity contribution in [2.24, 2.45) is 0 Å². The van der Waals surface area contributed by atoms with Gasteiger partial charge in [0.15, 0.2) is 0 Å². The molecular formula is C7H6FIO. The minimum absolute atomic E-state index is 0.750. The number of carbonyl (C=O) groups excluding carboxylic acids is 1. The molecular weight excluding hydrogens is 246 g/mol. The zero-order chi connectivity index (χ0) is 7.82. The van der Waals surface area contributed by atoms with Gasteiger partial charge in [-0.1, -0.05) is 18.2 Å². The molecule has 0 aromatic heterocycles. The van der Waals surface area contributed by atoms with Crippen LogP contribution in [0.25, 0.3) is 0 Å². The first kappa shape index (κ1) is 9.55. The molecule has 0 heterocycles. The van der Waals surface area contributed by atoms with Crippen molar-refractivity contribution < 1.29 is 9.18 Å². The van der Waals surface area contributed by atoms with Crippen LogP contribution in [0.5, 0.6) is 0 Å². The fraction of sp³-hybridized carbons (Fsp3) is 0. The molecule has 0 fully saturated rings. The third-order valence-corrected chi connectivity index (χ3v) is 1.45. The molecule has 0 aliphatic rings. The summed E-state index contributed by atoms with van der Waals surface area (Å²) in [6.45, 7) is -0.750. The highest BCUT2D eigenvalue weighted by molar-refractivity contribution is 14.1. The first-order valence-corrected chi connectivity index (χ1v) is 3.63. The van der Waals surface area contributed by atoms with E-state index in [9.17, 15) is 4.39 Å². The molecule has 0 N–H and O–H groups in total. The lowest BCUT2D eigenvalue weighted by Crippen LogP contribution is -1.61. The molecule has 0 amide bonds. The highest BCUT2D eigenvalue weighted by Gasteiger charge is 1.74. The highest BCUT2D eigenvalue weighted by Crippen LogP contribution is 1.99. The van der Waals surface area contributed by atoms with E-state index in [1.54, 1.807) is 0 Å². The van der Waals surface area contributed by atoms with Crippen molar-refractivity contribution in [3.63, 3.8) is 0 Å². The molecule has 0 saturated heterocycles. The molecule has 1 rings (SSSR count). The van der Waals surface area contributed by atoms with Gasteiger partial charge in [-0.3, -0.25) is 4.79 Å². The minimum Gasteiger partial charge on any atom is -0.265 e. The Morgan fingerprint density at radius 2 is 1.70 bits per heavy atom. The second-order valence-electron chi connectivity index (χ2n) is 1.38. The fourth-order valence-electron chi connectivity index (χ4n) is 0.415. The van der Waals surface area contributed by atoms with Crippen molar-refractivity contribution >= 4 is 29.1 Å². The monoisotopic (exact) mass is 252 g/mol. The molecule has 0 bridgehead atoms. The van der Waals surface area contributed by atoms with Gasteiger partial charge in [0, 0.05) is 3.57 Å². The summed E-state index contributed by atoms with van der Waals surface area (Å²) in [4.78, 5) is 8.14. The van der Waals surface area contributed by atoms with E-state index in [1.165, 1.54) is 3.57 Å². The summed E-state index contributed by atoms with van der Waals surface area (Å²) < 4.78 is 10.9. The number of halogens is 2. The van der Waals surface area contributed by atoms with Crippen molar-refractivity contribution in [3.05, 3.63) is 33.9 Å². The van der Waals surface area contributed by atoms with Crippen LogP contribution in [-0.4, -0.2) is 6.54 Å². The molecule has 54 valence electrons. The Bertz CT molecular complexity index is 176. The van der Waals surface area contributed by atoms with E-state index in [1.807, 2.05) is 18.2 Å². The Balaban J connectivity index is 0.000000236. The van der Waals surface area contributed by atoms with Crippen LogP contribution in [-0.2, 0) is 4.79 Å². The third-order valence-electron chi connectivity index (χ3n) is 0.733. The van der Waals surface area contributed by atoms with Gasteiger partial charge >= 0.3 is 0 Å². The average Bonchev–Trinajstić information content (AvgIpc) is 1.91. The largest absolute Gasteiger partial charge is 0.289 e. The van der Waals surface area contributed by atoms with Crippen LogP contribution in [0, 0.1) is 3.57 Å². The highest BCUT2D eigenvalue weighted by atomic mass is 127. The van der Waals surface area contributed by atoms with E-state index in [2.05, 4.69) is 34.7 Å². The molecule has 0 radical (unpaired) electrons. The summed E-state index contributed by atoms with van der Waals surface area (Å²) in [5, 5.41) is 0. The lowest BCUT2D eigenvalue weighted by Gasteiger charge is -1.80. The maximum atomic E-state index is 9.61. The van der Waals surface area contributed by atoms with Crippen molar-refractivity contribution in [2.75, 3.05) is 0 Å². The van der Waals surface area contributed by atoms with Crippen LogP contribution in [0.1, 0.15) is 0 Å². The molecule has 0 spiro atoms. The SMILES string of the molecule is Ic1ccccc1.O=CF. The molecule has 0 unspecified atom stereocenters. The summed E-state index contributed by atoms with van der Waals surface area (Å²) >= 11 is 2.28. The van der Waals surface area contributed by atoms with Crippen molar-refractivity contribution in [1.82, 2.24) is 0 Å². The van der Waals surface area contributed by atoms with Gasteiger partial charge in [0.2, 0.25) is 0 Å².